The minimum Gasteiger partial charge on any atom is -0.481 e. The highest BCUT2D eigenvalue weighted by atomic mass is 16.5. The summed E-state index contributed by atoms with van der Waals surface area (Å²) in [5.74, 6) is -2.24. The molecule has 0 spiro atoms. The highest BCUT2D eigenvalue weighted by Crippen LogP contribution is 2.44. The summed E-state index contributed by atoms with van der Waals surface area (Å²) in [6, 6.07) is 15.7. The first-order valence-corrected chi connectivity index (χ1v) is 12.2. The molecule has 5 rings (SSSR count). The normalized spacial score (nSPS) is 25.6. The molecule has 2 aliphatic heterocycles. The lowest BCUT2D eigenvalue weighted by atomic mass is 9.91. The Hall–Kier alpha value is -3.39. The van der Waals surface area contributed by atoms with Crippen LogP contribution in [0.3, 0.4) is 0 Å². The first-order valence-electron chi connectivity index (χ1n) is 12.2. The van der Waals surface area contributed by atoms with E-state index in [-0.39, 0.29) is 44.2 Å². The van der Waals surface area contributed by atoms with Crippen molar-refractivity contribution in [3.63, 3.8) is 0 Å². The van der Waals surface area contributed by atoms with Crippen LogP contribution in [-0.2, 0) is 19.1 Å². The number of benzene rings is 2. The van der Waals surface area contributed by atoms with Crippen molar-refractivity contribution in [3.8, 4) is 11.1 Å². The number of amides is 2. The van der Waals surface area contributed by atoms with E-state index >= 15 is 0 Å². The largest absolute Gasteiger partial charge is 0.481 e. The van der Waals surface area contributed by atoms with Gasteiger partial charge in [-0.3, -0.25) is 9.59 Å². The van der Waals surface area contributed by atoms with E-state index in [0.717, 1.165) is 22.3 Å². The Morgan fingerprint density at radius 1 is 1.03 bits per heavy atom. The van der Waals surface area contributed by atoms with E-state index in [4.69, 9.17) is 9.47 Å². The Morgan fingerprint density at radius 3 is 2.34 bits per heavy atom. The number of nitrogens with zero attached hydrogens (tertiary/aromatic N) is 1. The monoisotopic (exact) mass is 478 g/mol. The van der Waals surface area contributed by atoms with Crippen LogP contribution < -0.4 is 5.32 Å². The SMILES string of the molecule is CC1CCC(C(=O)O)CN1C(=O)C1COCC1NC(=O)OCC1c2ccccc2-c2ccccc21. The van der Waals surface area contributed by atoms with Gasteiger partial charge in [0.05, 0.1) is 31.1 Å². The van der Waals surface area contributed by atoms with E-state index in [1.165, 1.54) is 0 Å². The highest BCUT2D eigenvalue weighted by Gasteiger charge is 2.42. The molecule has 2 N–H and O–H groups in total. The molecule has 0 radical (unpaired) electrons. The fraction of sp³-hybridized carbons (Fsp3) is 0.444. The molecule has 3 aliphatic rings. The lowest BCUT2D eigenvalue weighted by molar-refractivity contribution is -0.148. The number of piperidine rings is 1. The summed E-state index contributed by atoms with van der Waals surface area (Å²) in [6.45, 7) is 2.71. The van der Waals surface area contributed by atoms with Crippen LogP contribution in [0.2, 0.25) is 0 Å². The number of fused-ring (bicyclic) bond motifs is 3. The number of carboxylic acid groups (broad SMARTS) is 1. The van der Waals surface area contributed by atoms with Gasteiger partial charge in [-0.1, -0.05) is 48.5 Å². The Labute approximate surface area is 204 Å². The molecular weight excluding hydrogens is 448 g/mol. The quantitative estimate of drug-likeness (QED) is 0.684. The summed E-state index contributed by atoms with van der Waals surface area (Å²) in [6.07, 6.45) is 0.610. The second kappa shape index (κ2) is 9.70. The molecule has 8 nitrogen and oxygen atoms in total. The van der Waals surface area contributed by atoms with Gasteiger partial charge in [-0.15, -0.1) is 0 Å². The maximum atomic E-state index is 13.3. The number of nitrogens with one attached hydrogen (secondary N) is 1. The van der Waals surface area contributed by atoms with E-state index in [1.807, 2.05) is 31.2 Å². The fourth-order valence-electron chi connectivity index (χ4n) is 5.56. The number of rotatable bonds is 5. The zero-order chi connectivity index (χ0) is 24.5. The lowest BCUT2D eigenvalue weighted by Crippen LogP contribution is -2.53. The van der Waals surface area contributed by atoms with Crippen molar-refractivity contribution in [2.75, 3.05) is 26.4 Å². The Morgan fingerprint density at radius 2 is 1.69 bits per heavy atom. The van der Waals surface area contributed by atoms with Crippen molar-refractivity contribution in [2.24, 2.45) is 11.8 Å². The molecule has 1 aliphatic carbocycles. The van der Waals surface area contributed by atoms with Crippen LogP contribution in [0.1, 0.15) is 36.8 Å². The van der Waals surface area contributed by atoms with E-state index in [9.17, 15) is 19.5 Å². The number of hydrogen-bond donors (Lipinski definition) is 2. The van der Waals surface area contributed by atoms with Crippen LogP contribution in [0.25, 0.3) is 11.1 Å². The minimum atomic E-state index is -0.884. The van der Waals surface area contributed by atoms with Crippen LogP contribution >= 0.6 is 0 Å². The molecule has 0 bridgehead atoms. The molecule has 184 valence electrons. The van der Waals surface area contributed by atoms with Gasteiger partial charge in [0.25, 0.3) is 0 Å². The maximum absolute atomic E-state index is 13.3. The van der Waals surface area contributed by atoms with Crippen LogP contribution in [0.15, 0.2) is 48.5 Å². The van der Waals surface area contributed by atoms with Gasteiger partial charge in [0.1, 0.15) is 6.61 Å². The van der Waals surface area contributed by atoms with Gasteiger partial charge in [0, 0.05) is 18.5 Å². The molecule has 2 aromatic rings. The zero-order valence-corrected chi connectivity index (χ0v) is 19.7. The molecular formula is C27H30N2O6. The summed E-state index contributed by atoms with van der Waals surface area (Å²) in [4.78, 5) is 39.1. The lowest BCUT2D eigenvalue weighted by Gasteiger charge is -2.38. The van der Waals surface area contributed by atoms with Crippen molar-refractivity contribution >= 4 is 18.0 Å². The molecule has 2 heterocycles. The molecule has 4 atom stereocenters. The Bertz CT molecular complexity index is 1090. The predicted octanol–water partition coefficient (Wildman–Crippen LogP) is 3.25. The number of hydrogen-bond acceptors (Lipinski definition) is 5. The fourth-order valence-corrected chi connectivity index (χ4v) is 5.56. The molecule has 2 amide bonds. The maximum Gasteiger partial charge on any atom is 0.407 e. The van der Waals surface area contributed by atoms with Gasteiger partial charge in [0.2, 0.25) is 5.91 Å². The van der Waals surface area contributed by atoms with Crippen LogP contribution in [0.4, 0.5) is 4.79 Å². The smallest absolute Gasteiger partial charge is 0.407 e. The number of carbonyl (C=O) groups is 3. The number of ether oxygens (including phenoxy) is 2. The molecule has 35 heavy (non-hydrogen) atoms. The third-order valence-corrected chi connectivity index (χ3v) is 7.56. The van der Waals surface area contributed by atoms with Crippen molar-refractivity contribution in [1.82, 2.24) is 10.2 Å². The summed E-state index contributed by atoms with van der Waals surface area (Å²) in [5.41, 5.74) is 4.57. The van der Waals surface area contributed by atoms with Crippen LogP contribution in [-0.4, -0.2) is 66.4 Å². The molecule has 4 unspecified atom stereocenters. The van der Waals surface area contributed by atoms with Crippen molar-refractivity contribution in [3.05, 3.63) is 59.7 Å². The van der Waals surface area contributed by atoms with E-state index in [0.29, 0.717) is 12.8 Å². The van der Waals surface area contributed by atoms with Gasteiger partial charge in [-0.25, -0.2) is 4.79 Å². The van der Waals surface area contributed by atoms with Gasteiger partial charge in [-0.05, 0) is 42.0 Å². The van der Waals surface area contributed by atoms with Crippen molar-refractivity contribution in [2.45, 2.75) is 37.8 Å². The molecule has 8 heteroatoms. The standard InChI is InChI=1S/C27H30N2O6/c1-16-10-11-17(26(31)32)12-29(16)25(30)23-13-34-15-24(23)28-27(33)35-14-22-20-8-4-2-6-18(20)19-7-3-5-9-21(19)22/h2-9,16-17,22-24H,10-15H2,1H3,(H,28,33)(H,31,32). The van der Waals surface area contributed by atoms with E-state index in [1.54, 1.807) is 4.90 Å². The number of likely N-dealkylation sites (tertiary alicyclic amines) is 1. The molecule has 0 saturated carbocycles. The topological polar surface area (TPSA) is 105 Å². The van der Waals surface area contributed by atoms with E-state index in [2.05, 4.69) is 29.6 Å². The average Bonchev–Trinajstić information content (AvgIpc) is 3.45. The molecule has 2 aromatic carbocycles. The summed E-state index contributed by atoms with van der Waals surface area (Å²) >= 11 is 0. The molecule has 2 saturated heterocycles. The molecule has 0 aromatic heterocycles. The third-order valence-electron chi connectivity index (χ3n) is 7.56. The number of aliphatic carboxylic acids is 1. The van der Waals surface area contributed by atoms with Crippen LogP contribution in [0, 0.1) is 11.8 Å². The Kier molecular flexibility index (Phi) is 6.47. The summed E-state index contributed by atoms with van der Waals surface area (Å²) in [7, 11) is 0. The summed E-state index contributed by atoms with van der Waals surface area (Å²) < 4.78 is 11.2. The average molecular weight is 479 g/mol. The Balaban J connectivity index is 1.22. The third kappa shape index (κ3) is 4.50. The van der Waals surface area contributed by atoms with Crippen molar-refractivity contribution in [1.29, 1.82) is 0 Å². The molecule has 2 fully saturated rings. The van der Waals surface area contributed by atoms with E-state index < -0.39 is 29.9 Å². The summed E-state index contributed by atoms with van der Waals surface area (Å²) in [5, 5.41) is 12.2. The van der Waals surface area contributed by atoms with Gasteiger partial charge >= 0.3 is 12.1 Å². The van der Waals surface area contributed by atoms with Crippen LogP contribution in [0.5, 0.6) is 0 Å². The first-order chi connectivity index (χ1) is 16.9. The van der Waals surface area contributed by atoms with Crippen molar-refractivity contribution < 1.29 is 29.0 Å². The predicted molar refractivity (Wildman–Crippen MR) is 128 cm³/mol. The first kappa shape index (κ1) is 23.4. The highest BCUT2D eigenvalue weighted by molar-refractivity contribution is 5.83. The van der Waals surface area contributed by atoms with Gasteiger partial charge in [0.15, 0.2) is 0 Å². The number of carboxylic acids is 1. The van der Waals surface area contributed by atoms with Gasteiger partial charge in [-0.2, -0.15) is 0 Å². The minimum absolute atomic E-state index is 0.0474. The second-order valence-electron chi connectivity index (χ2n) is 9.67. The van der Waals surface area contributed by atoms with Gasteiger partial charge < -0.3 is 24.8 Å². The number of alkyl carbamates (subject to hydrolysis) is 1. The zero-order valence-electron chi connectivity index (χ0n) is 19.7. The number of carbonyl (C=O) groups excluding carboxylic acids is 2. The second-order valence-corrected chi connectivity index (χ2v) is 9.67.